The van der Waals surface area contributed by atoms with Gasteiger partial charge in [-0.25, -0.2) is 13.8 Å². The Bertz CT molecular complexity index is 1210. The predicted octanol–water partition coefficient (Wildman–Crippen LogP) is 3.63. The zero-order valence-corrected chi connectivity index (χ0v) is 17.1. The fourth-order valence-electron chi connectivity index (χ4n) is 4.27. The van der Waals surface area contributed by atoms with Crippen LogP contribution in [0.25, 0.3) is 10.8 Å². The van der Waals surface area contributed by atoms with Crippen molar-refractivity contribution in [3.63, 3.8) is 0 Å². The first-order valence-corrected chi connectivity index (χ1v) is 10.1. The van der Waals surface area contributed by atoms with E-state index in [4.69, 9.17) is 10.00 Å². The quantitative estimate of drug-likeness (QED) is 0.687. The number of nitrogens with zero attached hydrogens (tertiary/aromatic N) is 5. The molecule has 3 saturated heterocycles. The number of benzene rings is 1. The van der Waals surface area contributed by atoms with Gasteiger partial charge in [-0.2, -0.15) is 10.4 Å². The van der Waals surface area contributed by atoms with E-state index >= 15 is 0 Å². The summed E-state index contributed by atoms with van der Waals surface area (Å²) in [6.07, 6.45) is 3.35. The highest BCUT2D eigenvalue weighted by molar-refractivity contribution is 5.94. The molecule has 3 aliphatic rings. The summed E-state index contributed by atoms with van der Waals surface area (Å²) in [5.74, 6) is -0.156. The molecule has 6 rings (SSSR count). The third-order valence-electron chi connectivity index (χ3n) is 5.92. The van der Waals surface area contributed by atoms with Crippen molar-refractivity contribution >= 4 is 22.4 Å². The molecule has 5 heterocycles. The van der Waals surface area contributed by atoms with Crippen LogP contribution in [0.5, 0.6) is 0 Å². The monoisotopic (exact) mass is 422 g/mol. The molecule has 3 atom stereocenters. The van der Waals surface area contributed by atoms with E-state index in [9.17, 15) is 8.78 Å². The van der Waals surface area contributed by atoms with Crippen molar-refractivity contribution in [1.82, 2.24) is 15.2 Å². The molecule has 0 saturated carbocycles. The highest BCUT2D eigenvalue weighted by Crippen LogP contribution is 2.34. The number of rotatable bonds is 4. The molecule has 3 aromatic rings. The molecule has 3 fully saturated rings. The Morgan fingerprint density at radius 3 is 2.65 bits per heavy atom. The summed E-state index contributed by atoms with van der Waals surface area (Å²) >= 11 is 0. The first kappa shape index (κ1) is 19.6. The molecule has 158 valence electrons. The molecule has 7 nitrogen and oxygen atoms in total. The van der Waals surface area contributed by atoms with Gasteiger partial charge in [0.25, 0.3) is 0 Å². The molecule has 9 heteroatoms. The van der Waals surface area contributed by atoms with Gasteiger partial charge in [-0.05, 0) is 32.0 Å². The van der Waals surface area contributed by atoms with Crippen molar-refractivity contribution in [2.75, 3.05) is 23.3 Å². The standard InChI is InChI=1S/C22H20F2N6O/c1-11(17-4-14(23)3-13(7-25)21(17)24)27-22-18-6-20(26-8-19(18)12(2)28-29-22)30-9-15-5-16(10-30)31-15/h3-4,6,8,11,15-16H,5,9-10H2,1-2H3,(H,27,29)/t11-,15?,16?/m1/s1. The lowest BCUT2D eigenvalue weighted by Crippen LogP contribution is -2.57. The third kappa shape index (κ3) is 3.43. The number of nitriles is 1. The van der Waals surface area contributed by atoms with Crippen molar-refractivity contribution in [3.8, 4) is 6.07 Å². The second kappa shape index (κ2) is 7.39. The van der Waals surface area contributed by atoms with Crippen LogP contribution in [0.15, 0.2) is 24.4 Å². The van der Waals surface area contributed by atoms with E-state index in [2.05, 4.69) is 25.4 Å². The number of pyridine rings is 1. The largest absolute Gasteiger partial charge is 0.371 e. The van der Waals surface area contributed by atoms with Gasteiger partial charge in [-0.1, -0.05) is 0 Å². The maximum absolute atomic E-state index is 14.6. The molecular formula is C22H20F2N6O. The number of hydrogen-bond donors (Lipinski definition) is 1. The van der Waals surface area contributed by atoms with Crippen molar-refractivity contribution in [2.24, 2.45) is 0 Å². The Labute approximate surface area is 177 Å². The van der Waals surface area contributed by atoms with Crippen LogP contribution in [0.3, 0.4) is 0 Å². The first-order valence-electron chi connectivity index (χ1n) is 10.1. The molecule has 1 aromatic carbocycles. The highest BCUT2D eigenvalue weighted by Gasteiger charge is 2.38. The van der Waals surface area contributed by atoms with E-state index in [1.165, 1.54) is 0 Å². The summed E-state index contributed by atoms with van der Waals surface area (Å²) in [5, 5.41) is 22.3. The predicted molar refractivity (Wildman–Crippen MR) is 111 cm³/mol. The lowest BCUT2D eigenvalue weighted by atomic mass is 9.98. The number of fused-ring (bicyclic) bond motifs is 3. The zero-order valence-electron chi connectivity index (χ0n) is 17.1. The highest BCUT2D eigenvalue weighted by atomic mass is 19.1. The van der Waals surface area contributed by atoms with Gasteiger partial charge in [0, 0.05) is 42.0 Å². The van der Waals surface area contributed by atoms with E-state index in [1.54, 1.807) is 19.2 Å². The van der Waals surface area contributed by atoms with Crippen LogP contribution in [-0.2, 0) is 4.74 Å². The van der Waals surface area contributed by atoms with Crippen LogP contribution in [0, 0.1) is 29.9 Å². The summed E-state index contributed by atoms with van der Waals surface area (Å²) in [6.45, 7) is 5.11. The average Bonchev–Trinajstić information content (AvgIpc) is 2.76. The van der Waals surface area contributed by atoms with Gasteiger partial charge in [0.05, 0.1) is 29.5 Å². The van der Waals surface area contributed by atoms with Gasteiger partial charge < -0.3 is 15.0 Å². The molecule has 0 spiro atoms. The van der Waals surface area contributed by atoms with Crippen LogP contribution >= 0.6 is 0 Å². The van der Waals surface area contributed by atoms with Gasteiger partial charge in [0.1, 0.15) is 23.5 Å². The summed E-state index contributed by atoms with van der Waals surface area (Å²) in [5.41, 5.74) is 0.441. The molecule has 31 heavy (non-hydrogen) atoms. The first-order chi connectivity index (χ1) is 14.9. The Hall–Kier alpha value is -3.38. The minimum absolute atomic E-state index is 0.0506. The normalized spacial score (nSPS) is 20.8. The summed E-state index contributed by atoms with van der Waals surface area (Å²) in [7, 11) is 0. The van der Waals surface area contributed by atoms with E-state index < -0.39 is 17.7 Å². The number of halogens is 2. The van der Waals surface area contributed by atoms with E-state index in [0.717, 1.165) is 53.9 Å². The van der Waals surface area contributed by atoms with Crippen LogP contribution < -0.4 is 10.2 Å². The molecular weight excluding hydrogens is 402 g/mol. The fourth-order valence-corrected chi connectivity index (χ4v) is 4.27. The van der Waals surface area contributed by atoms with Gasteiger partial charge in [0.15, 0.2) is 5.82 Å². The second-order valence-electron chi connectivity index (χ2n) is 8.08. The number of aromatic nitrogens is 3. The van der Waals surface area contributed by atoms with Crippen LogP contribution in [0.4, 0.5) is 20.4 Å². The molecule has 0 radical (unpaired) electrons. The molecule has 3 aliphatic heterocycles. The van der Waals surface area contributed by atoms with Gasteiger partial charge in [-0.3, -0.25) is 0 Å². The van der Waals surface area contributed by atoms with Crippen LogP contribution in [-0.4, -0.2) is 40.5 Å². The third-order valence-corrected chi connectivity index (χ3v) is 5.92. The molecule has 0 amide bonds. The van der Waals surface area contributed by atoms with E-state index in [-0.39, 0.29) is 23.3 Å². The smallest absolute Gasteiger partial charge is 0.157 e. The van der Waals surface area contributed by atoms with Crippen molar-refractivity contribution in [2.45, 2.75) is 38.5 Å². The van der Waals surface area contributed by atoms with Gasteiger partial charge in [0.2, 0.25) is 0 Å². The maximum atomic E-state index is 14.6. The SMILES string of the molecule is Cc1nnc(N[C@H](C)c2cc(F)cc(C#N)c2F)c2cc(N3CC4CC(C3)O4)ncc12. The average molecular weight is 422 g/mol. The molecule has 2 aromatic heterocycles. The molecule has 0 aliphatic carbocycles. The molecule has 1 N–H and O–H groups in total. The number of piperidine rings is 1. The summed E-state index contributed by atoms with van der Waals surface area (Å²) in [4.78, 5) is 6.79. The number of ether oxygens (including phenoxy) is 1. The number of aryl methyl sites for hydroxylation is 1. The number of hydrogen-bond acceptors (Lipinski definition) is 7. The fraction of sp³-hybridized carbons (Fsp3) is 0.364. The molecule has 2 bridgehead atoms. The summed E-state index contributed by atoms with van der Waals surface area (Å²) < 4.78 is 34.2. The van der Waals surface area contributed by atoms with Crippen LogP contribution in [0.1, 0.15) is 36.2 Å². The zero-order chi connectivity index (χ0) is 21.7. The Morgan fingerprint density at radius 2 is 1.94 bits per heavy atom. The second-order valence-corrected chi connectivity index (χ2v) is 8.08. The van der Waals surface area contributed by atoms with Crippen LogP contribution in [0.2, 0.25) is 0 Å². The topological polar surface area (TPSA) is 87.0 Å². The number of morpholine rings is 1. The van der Waals surface area contributed by atoms with E-state index in [1.807, 2.05) is 13.0 Å². The Kier molecular flexibility index (Phi) is 4.67. The lowest BCUT2D eigenvalue weighted by molar-refractivity contribution is -0.133. The van der Waals surface area contributed by atoms with Gasteiger partial charge >= 0.3 is 0 Å². The number of nitrogens with one attached hydrogen (secondary N) is 1. The van der Waals surface area contributed by atoms with Crippen molar-refractivity contribution in [1.29, 1.82) is 5.26 Å². The Balaban J connectivity index is 1.51. The lowest BCUT2D eigenvalue weighted by Gasteiger charge is -2.47. The number of anilines is 2. The van der Waals surface area contributed by atoms with Crippen molar-refractivity contribution in [3.05, 3.63) is 52.9 Å². The van der Waals surface area contributed by atoms with Gasteiger partial charge in [-0.15, -0.1) is 5.10 Å². The summed E-state index contributed by atoms with van der Waals surface area (Å²) in [6, 6.07) is 4.96. The van der Waals surface area contributed by atoms with Crippen molar-refractivity contribution < 1.29 is 13.5 Å². The minimum Gasteiger partial charge on any atom is -0.371 e. The van der Waals surface area contributed by atoms with E-state index in [0.29, 0.717) is 5.82 Å². The maximum Gasteiger partial charge on any atom is 0.157 e. The molecule has 2 unspecified atom stereocenters. The Morgan fingerprint density at radius 1 is 1.19 bits per heavy atom. The minimum atomic E-state index is -0.747.